The minimum absolute atomic E-state index is 0.262. The smallest absolute Gasteiger partial charge is 0.342 e. The first-order chi connectivity index (χ1) is 9.54. The Morgan fingerprint density at radius 2 is 2.25 bits per heavy atom. The molecule has 20 heavy (non-hydrogen) atoms. The Balaban J connectivity index is 2.59. The zero-order chi connectivity index (χ0) is 14.7. The van der Waals surface area contributed by atoms with Gasteiger partial charge in [0.1, 0.15) is 5.56 Å². The molecule has 2 aromatic heterocycles. The molecule has 0 aliphatic rings. The van der Waals surface area contributed by atoms with Gasteiger partial charge in [0, 0.05) is 11.1 Å². The number of thiophene rings is 1. The van der Waals surface area contributed by atoms with Gasteiger partial charge >= 0.3 is 11.7 Å². The van der Waals surface area contributed by atoms with Gasteiger partial charge < -0.3 is 5.11 Å². The van der Waals surface area contributed by atoms with Crippen LogP contribution in [0.2, 0.25) is 0 Å². The third kappa shape index (κ3) is 2.72. The molecule has 0 spiro atoms. The Morgan fingerprint density at radius 3 is 2.80 bits per heavy atom. The van der Waals surface area contributed by atoms with Crippen molar-refractivity contribution >= 4 is 17.3 Å². The molecule has 6 nitrogen and oxygen atoms in total. The number of carbonyl (C=O) groups is 1. The molecule has 0 aromatic carbocycles. The largest absolute Gasteiger partial charge is 0.477 e. The number of rotatable bonds is 5. The van der Waals surface area contributed by atoms with E-state index in [1.165, 1.54) is 15.9 Å². The Morgan fingerprint density at radius 1 is 1.50 bits per heavy atom. The summed E-state index contributed by atoms with van der Waals surface area (Å²) in [6.45, 7) is 1.98. The van der Waals surface area contributed by atoms with Crippen molar-refractivity contribution in [2.75, 3.05) is 0 Å². The molecule has 0 bridgehead atoms. The van der Waals surface area contributed by atoms with E-state index >= 15 is 0 Å². The molecule has 1 unspecified atom stereocenters. The number of carboxylic acid groups (broad SMARTS) is 1. The van der Waals surface area contributed by atoms with E-state index in [1.54, 1.807) is 0 Å². The van der Waals surface area contributed by atoms with E-state index in [0.29, 0.717) is 6.42 Å². The highest BCUT2D eigenvalue weighted by atomic mass is 32.1. The maximum absolute atomic E-state index is 11.9. The van der Waals surface area contributed by atoms with Gasteiger partial charge in [-0.2, -0.15) is 0 Å². The standard InChI is InChI=1S/C13H14N2O4S/c1-2-4-9(10-5-3-6-20-10)15-7-8(12(17)18)11(16)14-13(15)19/h3,5-7,9H,2,4H2,1H3,(H,17,18)(H,14,16,19). The molecule has 0 aliphatic carbocycles. The Kier molecular flexibility index (Phi) is 4.19. The molecule has 106 valence electrons. The lowest BCUT2D eigenvalue weighted by atomic mass is 10.1. The van der Waals surface area contributed by atoms with E-state index in [4.69, 9.17) is 5.11 Å². The summed E-state index contributed by atoms with van der Waals surface area (Å²) in [6, 6.07) is 3.50. The maximum atomic E-state index is 11.9. The lowest BCUT2D eigenvalue weighted by molar-refractivity contribution is 0.0693. The van der Waals surface area contributed by atoms with Crippen LogP contribution in [-0.2, 0) is 0 Å². The first-order valence-corrected chi connectivity index (χ1v) is 7.04. The van der Waals surface area contributed by atoms with E-state index < -0.39 is 22.8 Å². The predicted octanol–water partition coefficient (Wildman–Crippen LogP) is 1.69. The number of hydrogen-bond acceptors (Lipinski definition) is 4. The van der Waals surface area contributed by atoms with Gasteiger partial charge in [-0.25, -0.2) is 9.59 Å². The van der Waals surface area contributed by atoms with Crippen LogP contribution in [0.15, 0.2) is 33.3 Å². The number of H-pyrrole nitrogens is 1. The van der Waals surface area contributed by atoms with Gasteiger partial charge in [0.05, 0.1) is 6.04 Å². The molecule has 0 amide bonds. The van der Waals surface area contributed by atoms with Gasteiger partial charge in [-0.1, -0.05) is 19.4 Å². The number of hydrogen-bond donors (Lipinski definition) is 2. The summed E-state index contributed by atoms with van der Waals surface area (Å²) in [5.41, 5.74) is -1.89. The minimum Gasteiger partial charge on any atom is -0.477 e. The van der Waals surface area contributed by atoms with Crippen molar-refractivity contribution in [2.45, 2.75) is 25.8 Å². The van der Waals surface area contributed by atoms with Crippen LogP contribution in [0.1, 0.15) is 41.0 Å². The maximum Gasteiger partial charge on any atom is 0.342 e. The van der Waals surface area contributed by atoms with Crippen molar-refractivity contribution in [1.82, 2.24) is 9.55 Å². The third-order valence-corrected chi connectivity index (χ3v) is 3.94. The monoisotopic (exact) mass is 294 g/mol. The highest BCUT2D eigenvalue weighted by molar-refractivity contribution is 7.10. The quantitative estimate of drug-likeness (QED) is 0.877. The van der Waals surface area contributed by atoms with E-state index in [0.717, 1.165) is 17.5 Å². The van der Waals surface area contributed by atoms with Crippen LogP contribution in [0, 0.1) is 0 Å². The second-order valence-corrected chi connectivity index (χ2v) is 5.31. The number of aromatic carboxylic acids is 1. The first-order valence-electron chi connectivity index (χ1n) is 6.16. The van der Waals surface area contributed by atoms with Gasteiger partial charge in [-0.3, -0.25) is 14.3 Å². The van der Waals surface area contributed by atoms with Crippen molar-refractivity contribution in [3.8, 4) is 0 Å². The molecule has 2 N–H and O–H groups in total. The van der Waals surface area contributed by atoms with Crippen molar-refractivity contribution in [3.63, 3.8) is 0 Å². The number of aromatic nitrogens is 2. The summed E-state index contributed by atoms with van der Waals surface area (Å²) in [7, 11) is 0. The Labute approximate surface area is 118 Å². The summed E-state index contributed by atoms with van der Waals surface area (Å²) in [5.74, 6) is -1.35. The van der Waals surface area contributed by atoms with Crippen molar-refractivity contribution < 1.29 is 9.90 Å². The number of nitrogens with zero attached hydrogens (tertiary/aromatic N) is 1. The Bertz CT molecular complexity index is 715. The summed E-state index contributed by atoms with van der Waals surface area (Å²) in [6.07, 6.45) is 2.64. The van der Waals surface area contributed by atoms with Crippen LogP contribution in [0.3, 0.4) is 0 Å². The van der Waals surface area contributed by atoms with Crippen LogP contribution in [-0.4, -0.2) is 20.6 Å². The summed E-state index contributed by atoms with van der Waals surface area (Å²) in [4.78, 5) is 37.4. The summed E-state index contributed by atoms with van der Waals surface area (Å²) >= 11 is 1.49. The molecule has 0 aliphatic heterocycles. The number of nitrogens with one attached hydrogen (secondary N) is 1. The molecule has 2 heterocycles. The van der Waals surface area contributed by atoms with Crippen LogP contribution >= 0.6 is 11.3 Å². The van der Waals surface area contributed by atoms with Crippen molar-refractivity contribution in [1.29, 1.82) is 0 Å². The van der Waals surface area contributed by atoms with Crippen LogP contribution in [0.5, 0.6) is 0 Å². The molecule has 2 rings (SSSR count). The molecule has 0 fully saturated rings. The van der Waals surface area contributed by atoms with Crippen molar-refractivity contribution in [3.05, 3.63) is 55.0 Å². The van der Waals surface area contributed by atoms with Gasteiger partial charge in [0.15, 0.2) is 0 Å². The Hall–Kier alpha value is -2.15. The molecule has 0 saturated carbocycles. The highest BCUT2D eigenvalue weighted by Gasteiger charge is 2.19. The molecule has 2 aromatic rings. The minimum atomic E-state index is -1.35. The second kappa shape index (κ2) is 5.87. The molecular formula is C13H14N2O4S. The zero-order valence-corrected chi connectivity index (χ0v) is 11.6. The van der Waals surface area contributed by atoms with Crippen LogP contribution in [0.4, 0.5) is 0 Å². The average molecular weight is 294 g/mol. The summed E-state index contributed by atoms with van der Waals surface area (Å²) < 4.78 is 1.29. The van der Waals surface area contributed by atoms with Gasteiger partial charge in [-0.05, 0) is 17.9 Å². The average Bonchev–Trinajstić information content (AvgIpc) is 2.90. The van der Waals surface area contributed by atoms with E-state index in [1.807, 2.05) is 24.4 Å². The molecule has 0 radical (unpaired) electrons. The predicted molar refractivity (Wildman–Crippen MR) is 75.6 cm³/mol. The zero-order valence-electron chi connectivity index (χ0n) is 10.8. The molecular weight excluding hydrogens is 280 g/mol. The fourth-order valence-electron chi connectivity index (χ4n) is 2.04. The fraction of sp³-hybridized carbons (Fsp3) is 0.308. The molecule has 1 atom stereocenters. The highest BCUT2D eigenvalue weighted by Crippen LogP contribution is 2.26. The topological polar surface area (TPSA) is 92.2 Å². The summed E-state index contributed by atoms with van der Waals surface area (Å²) in [5, 5.41) is 10.9. The van der Waals surface area contributed by atoms with Gasteiger partial charge in [0.25, 0.3) is 5.56 Å². The molecule has 7 heteroatoms. The fourth-order valence-corrected chi connectivity index (χ4v) is 2.90. The van der Waals surface area contributed by atoms with E-state index in [9.17, 15) is 14.4 Å². The first kappa shape index (κ1) is 14.3. The van der Waals surface area contributed by atoms with Gasteiger partial charge in [-0.15, -0.1) is 11.3 Å². The van der Waals surface area contributed by atoms with Crippen molar-refractivity contribution in [2.24, 2.45) is 0 Å². The molecule has 0 saturated heterocycles. The number of aromatic amines is 1. The van der Waals surface area contributed by atoms with E-state index in [2.05, 4.69) is 4.98 Å². The lowest BCUT2D eigenvalue weighted by Crippen LogP contribution is -2.35. The normalized spacial score (nSPS) is 12.2. The SMILES string of the molecule is CCCC(c1cccs1)n1cc(C(=O)O)c(=O)[nH]c1=O. The third-order valence-electron chi connectivity index (χ3n) is 2.97. The second-order valence-electron chi connectivity index (χ2n) is 4.33. The van der Waals surface area contributed by atoms with Crippen LogP contribution in [0.25, 0.3) is 0 Å². The van der Waals surface area contributed by atoms with E-state index in [-0.39, 0.29) is 6.04 Å². The number of carboxylic acids is 1. The lowest BCUT2D eigenvalue weighted by Gasteiger charge is -2.17. The van der Waals surface area contributed by atoms with Gasteiger partial charge in [0.2, 0.25) is 0 Å². The van der Waals surface area contributed by atoms with Crippen LogP contribution < -0.4 is 11.2 Å².